The molecule has 0 bridgehead atoms. The van der Waals surface area contributed by atoms with Gasteiger partial charge in [-0.05, 0) is 30.3 Å². The van der Waals surface area contributed by atoms with E-state index in [-0.39, 0.29) is 6.61 Å². The first-order chi connectivity index (χ1) is 12.1. The van der Waals surface area contributed by atoms with Gasteiger partial charge in [-0.3, -0.25) is 5.32 Å². The highest BCUT2D eigenvalue weighted by atomic mass is 35.5. The lowest BCUT2D eigenvalue weighted by Crippen LogP contribution is -2.19. The van der Waals surface area contributed by atoms with Gasteiger partial charge in [0.05, 0.1) is 5.02 Å². The van der Waals surface area contributed by atoms with Crippen LogP contribution in [0.25, 0.3) is 0 Å². The number of rotatable bonds is 5. The number of halogens is 2. The summed E-state index contributed by atoms with van der Waals surface area (Å²) in [5, 5.41) is 15.1. The van der Waals surface area contributed by atoms with Gasteiger partial charge in [-0.15, -0.1) is 10.2 Å². The molecule has 0 spiro atoms. The van der Waals surface area contributed by atoms with E-state index in [2.05, 4.69) is 20.8 Å². The summed E-state index contributed by atoms with van der Waals surface area (Å²) in [5.41, 5.74) is 0.686. The molecule has 2 amide bonds. The van der Waals surface area contributed by atoms with E-state index in [1.54, 1.807) is 30.3 Å². The van der Waals surface area contributed by atoms with Crippen molar-refractivity contribution in [3.05, 3.63) is 63.6 Å². The number of amides is 2. The minimum Gasteiger partial charge on any atom is -0.485 e. The molecule has 0 aliphatic rings. The van der Waals surface area contributed by atoms with Gasteiger partial charge in [0.25, 0.3) is 0 Å². The normalized spacial score (nSPS) is 10.3. The lowest BCUT2D eigenvalue weighted by Gasteiger charge is -2.05. The standard InChI is InChI=1S/C16H12Cl2N4O2S/c17-10-6-7-13(12(18)8-10)24-9-14-21-22-16(25-14)20-15(23)19-11-4-2-1-3-5-11/h1-8H,9H2,(H2,19,20,22,23). The van der Waals surface area contributed by atoms with E-state index in [4.69, 9.17) is 27.9 Å². The topological polar surface area (TPSA) is 76.1 Å². The van der Waals surface area contributed by atoms with Crippen molar-refractivity contribution in [1.29, 1.82) is 0 Å². The molecule has 0 radical (unpaired) electrons. The number of carbonyl (C=O) groups is 1. The molecule has 0 aliphatic carbocycles. The monoisotopic (exact) mass is 394 g/mol. The first-order valence-electron chi connectivity index (χ1n) is 7.13. The summed E-state index contributed by atoms with van der Waals surface area (Å²) >= 11 is 13.1. The third-order valence-electron chi connectivity index (χ3n) is 2.96. The maximum absolute atomic E-state index is 11.9. The van der Waals surface area contributed by atoms with Gasteiger partial charge in [0.15, 0.2) is 5.01 Å². The number of nitrogens with one attached hydrogen (secondary N) is 2. The fraction of sp³-hybridized carbons (Fsp3) is 0.0625. The molecule has 0 fully saturated rings. The van der Waals surface area contributed by atoms with Crippen LogP contribution in [0.2, 0.25) is 10.0 Å². The van der Waals surface area contributed by atoms with Gasteiger partial charge >= 0.3 is 6.03 Å². The zero-order valence-electron chi connectivity index (χ0n) is 12.7. The molecule has 0 unspecified atom stereocenters. The lowest BCUT2D eigenvalue weighted by molar-refractivity contribution is 0.262. The third-order valence-corrected chi connectivity index (χ3v) is 4.31. The Hall–Kier alpha value is -2.35. The maximum Gasteiger partial charge on any atom is 0.325 e. The number of urea groups is 1. The van der Waals surface area contributed by atoms with Crippen LogP contribution in [-0.2, 0) is 6.61 Å². The molecule has 0 saturated carbocycles. The van der Waals surface area contributed by atoms with Crippen molar-refractivity contribution in [1.82, 2.24) is 10.2 Å². The van der Waals surface area contributed by atoms with Crippen LogP contribution in [0, 0.1) is 0 Å². The number of ether oxygens (including phenoxy) is 1. The molecule has 6 nitrogen and oxygen atoms in total. The van der Waals surface area contributed by atoms with E-state index >= 15 is 0 Å². The van der Waals surface area contributed by atoms with Crippen molar-refractivity contribution in [2.45, 2.75) is 6.61 Å². The molecule has 25 heavy (non-hydrogen) atoms. The van der Waals surface area contributed by atoms with Crippen molar-refractivity contribution in [3.63, 3.8) is 0 Å². The molecular weight excluding hydrogens is 383 g/mol. The molecule has 128 valence electrons. The molecule has 3 aromatic rings. The number of hydrogen-bond acceptors (Lipinski definition) is 5. The second kappa shape index (κ2) is 8.15. The third kappa shape index (κ3) is 5.06. The first kappa shape index (κ1) is 17.5. The summed E-state index contributed by atoms with van der Waals surface area (Å²) in [5.74, 6) is 0.498. The Bertz CT molecular complexity index is 874. The molecule has 3 rings (SSSR count). The van der Waals surface area contributed by atoms with Crippen LogP contribution in [0.15, 0.2) is 48.5 Å². The second-order valence-corrected chi connectivity index (χ2v) is 6.72. The van der Waals surface area contributed by atoms with Crippen molar-refractivity contribution in [3.8, 4) is 5.75 Å². The Morgan fingerprint density at radius 2 is 1.88 bits per heavy atom. The Morgan fingerprint density at radius 3 is 2.64 bits per heavy atom. The van der Waals surface area contributed by atoms with E-state index in [9.17, 15) is 4.79 Å². The van der Waals surface area contributed by atoms with Crippen LogP contribution >= 0.6 is 34.5 Å². The van der Waals surface area contributed by atoms with Gasteiger partial charge in [0, 0.05) is 10.7 Å². The molecule has 0 saturated heterocycles. The fourth-order valence-electron chi connectivity index (χ4n) is 1.88. The lowest BCUT2D eigenvalue weighted by atomic mass is 10.3. The smallest absolute Gasteiger partial charge is 0.325 e. The van der Waals surface area contributed by atoms with E-state index in [1.807, 2.05) is 18.2 Å². The summed E-state index contributed by atoms with van der Waals surface area (Å²) in [6, 6.07) is 13.7. The van der Waals surface area contributed by atoms with Crippen LogP contribution in [-0.4, -0.2) is 16.2 Å². The van der Waals surface area contributed by atoms with Gasteiger partial charge in [0.2, 0.25) is 5.13 Å². The molecule has 0 aliphatic heterocycles. The summed E-state index contributed by atoms with van der Waals surface area (Å²) in [4.78, 5) is 11.9. The minimum atomic E-state index is -0.393. The molecule has 9 heteroatoms. The van der Waals surface area contributed by atoms with E-state index < -0.39 is 6.03 Å². The zero-order valence-corrected chi connectivity index (χ0v) is 15.0. The largest absolute Gasteiger partial charge is 0.485 e. The predicted molar refractivity (Wildman–Crippen MR) is 99.8 cm³/mol. The van der Waals surface area contributed by atoms with Crippen LogP contribution in [0.4, 0.5) is 15.6 Å². The molecule has 2 aromatic carbocycles. The first-order valence-corrected chi connectivity index (χ1v) is 8.71. The van der Waals surface area contributed by atoms with Crippen molar-refractivity contribution >= 4 is 51.4 Å². The van der Waals surface area contributed by atoms with E-state index in [0.29, 0.717) is 31.6 Å². The summed E-state index contributed by atoms with van der Waals surface area (Å²) in [7, 11) is 0. The summed E-state index contributed by atoms with van der Waals surface area (Å²) in [6.07, 6.45) is 0. The Kier molecular flexibility index (Phi) is 5.70. The quantitative estimate of drug-likeness (QED) is 0.633. The highest BCUT2D eigenvalue weighted by Crippen LogP contribution is 2.28. The molecule has 1 aromatic heterocycles. The average Bonchev–Trinajstić information content (AvgIpc) is 3.02. The Labute approximate surface area is 157 Å². The summed E-state index contributed by atoms with van der Waals surface area (Å²) in [6.45, 7) is 0.182. The zero-order chi connectivity index (χ0) is 17.6. The van der Waals surface area contributed by atoms with Crippen LogP contribution in [0.3, 0.4) is 0 Å². The molecule has 0 atom stereocenters. The van der Waals surface area contributed by atoms with Crippen LogP contribution < -0.4 is 15.4 Å². The van der Waals surface area contributed by atoms with Crippen LogP contribution in [0.5, 0.6) is 5.75 Å². The fourth-order valence-corrected chi connectivity index (χ4v) is 2.99. The minimum absolute atomic E-state index is 0.182. The number of aromatic nitrogens is 2. The Morgan fingerprint density at radius 1 is 1.08 bits per heavy atom. The van der Waals surface area contributed by atoms with Gasteiger partial charge in [-0.1, -0.05) is 52.7 Å². The summed E-state index contributed by atoms with van der Waals surface area (Å²) < 4.78 is 5.58. The predicted octanol–water partition coefficient (Wildman–Crippen LogP) is 5.07. The number of carbonyl (C=O) groups excluding carboxylic acids is 1. The highest BCUT2D eigenvalue weighted by molar-refractivity contribution is 7.15. The SMILES string of the molecule is O=C(Nc1ccccc1)Nc1nnc(COc2ccc(Cl)cc2Cl)s1. The number of hydrogen-bond donors (Lipinski definition) is 2. The Balaban J connectivity index is 1.54. The van der Waals surface area contributed by atoms with Crippen LogP contribution in [0.1, 0.15) is 5.01 Å². The molecular formula is C16H12Cl2N4O2S. The van der Waals surface area contributed by atoms with Crippen molar-refractivity contribution in [2.75, 3.05) is 10.6 Å². The number of anilines is 2. The van der Waals surface area contributed by atoms with Gasteiger partial charge in [0.1, 0.15) is 12.4 Å². The highest BCUT2D eigenvalue weighted by Gasteiger charge is 2.10. The maximum atomic E-state index is 11.9. The van der Waals surface area contributed by atoms with Crippen molar-refractivity contribution < 1.29 is 9.53 Å². The number of para-hydroxylation sites is 1. The molecule has 2 N–H and O–H groups in total. The van der Waals surface area contributed by atoms with E-state index in [0.717, 1.165) is 0 Å². The van der Waals surface area contributed by atoms with Gasteiger partial charge in [-0.25, -0.2) is 4.79 Å². The van der Waals surface area contributed by atoms with Gasteiger partial charge < -0.3 is 10.1 Å². The van der Waals surface area contributed by atoms with Gasteiger partial charge in [-0.2, -0.15) is 0 Å². The number of nitrogens with zero attached hydrogens (tertiary/aromatic N) is 2. The number of benzene rings is 2. The molecule has 1 heterocycles. The van der Waals surface area contributed by atoms with Crippen molar-refractivity contribution in [2.24, 2.45) is 0 Å². The van der Waals surface area contributed by atoms with E-state index in [1.165, 1.54) is 11.3 Å². The average molecular weight is 395 g/mol. The second-order valence-electron chi connectivity index (χ2n) is 4.81.